The van der Waals surface area contributed by atoms with Gasteiger partial charge in [-0.15, -0.1) is 0 Å². The quantitative estimate of drug-likeness (QED) is 0.361. The molecule has 2 amide bonds. The SMILES string of the molecule is COc1ccc(NC(=O)Nc2c(-c3ccc(Cl)cc3)[nH]c3ccccc23)cc1OC. The molecule has 3 N–H and O–H groups in total. The van der Waals surface area contributed by atoms with Gasteiger partial charge in [0.05, 0.1) is 25.6 Å². The highest BCUT2D eigenvalue weighted by molar-refractivity contribution is 6.30. The Labute approximate surface area is 178 Å². The number of nitrogens with one attached hydrogen (secondary N) is 3. The van der Waals surface area contributed by atoms with E-state index in [2.05, 4.69) is 15.6 Å². The molecule has 3 aromatic carbocycles. The lowest BCUT2D eigenvalue weighted by Crippen LogP contribution is -2.19. The fourth-order valence-corrected chi connectivity index (χ4v) is 3.42. The molecule has 0 atom stereocenters. The van der Waals surface area contributed by atoms with Crippen molar-refractivity contribution in [2.24, 2.45) is 0 Å². The third-order valence-electron chi connectivity index (χ3n) is 4.72. The third-order valence-corrected chi connectivity index (χ3v) is 4.97. The molecular formula is C23H20ClN3O3. The van der Waals surface area contributed by atoms with E-state index >= 15 is 0 Å². The smallest absolute Gasteiger partial charge is 0.323 e. The Bertz CT molecular complexity index is 1200. The Morgan fingerprint density at radius 3 is 2.37 bits per heavy atom. The van der Waals surface area contributed by atoms with Gasteiger partial charge < -0.3 is 25.1 Å². The molecule has 0 radical (unpaired) electrons. The van der Waals surface area contributed by atoms with E-state index in [0.29, 0.717) is 27.9 Å². The molecule has 0 spiro atoms. The van der Waals surface area contributed by atoms with Gasteiger partial charge >= 0.3 is 6.03 Å². The lowest BCUT2D eigenvalue weighted by atomic mass is 10.1. The first-order valence-electron chi connectivity index (χ1n) is 9.25. The number of hydrogen-bond acceptors (Lipinski definition) is 3. The van der Waals surface area contributed by atoms with E-state index in [1.807, 2.05) is 48.5 Å². The van der Waals surface area contributed by atoms with Crippen molar-refractivity contribution in [1.82, 2.24) is 4.98 Å². The summed E-state index contributed by atoms with van der Waals surface area (Å²) in [7, 11) is 3.11. The average Bonchev–Trinajstić information content (AvgIpc) is 3.12. The molecule has 0 saturated heterocycles. The topological polar surface area (TPSA) is 75.4 Å². The molecule has 0 saturated carbocycles. The number of para-hydroxylation sites is 1. The van der Waals surface area contributed by atoms with Gasteiger partial charge in [0.2, 0.25) is 0 Å². The number of fused-ring (bicyclic) bond motifs is 1. The molecule has 0 unspecified atom stereocenters. The maximum Gasteiger partial charge on any atom is 0.323 e. The van der Waals surface area contributed by atoms with Crippen LogP contribution in [-0.2, 0) is 0 Å². The monoisotopic (exact) mass is 421 g/mol. The van der Waals surface area contributed by atoms with Crippen molar-refractivity contribution in [3.8, 4) is 22.8 Å². The summed E-state index contributed by atoms with van der Waals surface area (Å²) in [4.78, 5) is 16.2. The molecule has 0 fully saturated rings. The Morgan fingerprint density at radius 2 is 1.63 bits per heavy atom. The van der Waals surface area contributed by atoms with E-state index in [4.69, 9.17) is 21.1 Å². The van der Waals surface area contributed by atoms with Crippen LogP contribution in [-0.4, -0.2) is 25.2 Å². The maximum atomic E-state index is 12.8. The number of anilines is 2. The van der Waals surface area contributed by atoms with Gasteiger partial charge in [-0.25, -0.2) is 4.79 Å². The number of methoxy groups -OCH3 is 2. The second kappa shape index (κ2) is 8.39. The number of halogens is 1. The molecular weight excluding hydrogens is 402 g/mol. The summed E-state index contributed by atoms with van der Waals surface area (Å²) in [5.74, 6) is 1.12. The minimum absolute atomic E-state index is 0.373. The van der Waals surface area contributed by atoms with Crippen molar-refractivity contribution in [3.63, 3.8) is 0 Å². The zero-order chi connectivity index (χ0) is 21.1. The Balaban J connectivity index is 1.65. The number of H-pyrrole nitrogens is 1. The van der Waals surface area contributed by atoms with Crippen LogP contribution >= 0.6 is 11.6 Å². The summed E-state index contributed by atoms with van der Waals surface area (Å²) in [6.07, 6.45) is 0. The predicted octanol–water partition coefficient (Wildman–Crippen LogP) is 6.15. The van der Waals surface area contributed by atoms with Gasteiger partial charge in [0.15, 0.2) is 11.5 Å². The number of ether oxygens (including phenoxy) is 2. The minimum Gasteiger partial charge on any atom is -0.493 e. The van der Waals surface area contributed by atoms with Crippen LogP contribution < -0.4 is 20.1 Å². The lowest BCUT2D eigenvalue weighted by Gasteiger charge is -2.12. The minimum atomic E-state index is -0.373. The summed E-state index contributed by atoms with van der Waals surface area (Å²) in [6, 6.07) is 20.0. The number of amides is 2. The molecule has 1 heterocycles. The summed E-state index contributed by atoms with van der Waals surface area (Å²) < 4.78 is 10.5. The van der Waals surface area contributed by atoms with E-state index < -0.39 is 0 Å². The fourth-order valence-electron chi connectivity index (χ4n) is 3.29. The lowest BCUT2D eigenvalue weighted by molar-refractivity contribution is 0.262. The van der Waals surface area contributed by atoms with E-state index in [1.54, 1.807) is 32.4 Å². The number of aromatic amines is 1. The Kier molecular flexibility index (Phi) is 5.50. The number of benzene rings is 3. The van der Waals surface area contributed by atoms with E-state index in [-0.39, 0.29) is 6.03 Å². The van der Waals surface area contributed by atoms with Gasteiger partial charge in [-0.05, 0) is 30.3 Å². The van der Waals surface area contributed by atoms with Gasteiger partial charge in [-0.1, -0.05) is 41.9 Å². The average molecular weight is 422 g/mol. The number of urea groups is 1. The number of carbonyl (C=O) groups is 1. The van der Waals surface area contributed by atoms with Crippen LogP contribution in [0.5, 0.6) is 11.5 Å². The molecule has 0 aliphatic carbocycles. The highest BCUT2D eigenvalue weighted by Crippen LogP contribution is 2.36. The normalized spacial score (nSPS) is 10.6. The molecule has 7 heteroatoms. The number of hydrogen-bond donors (Lipinski definition) is 3. The maximum absolute atomic E-state index is 12.8. The van der Waals surface area contributed by atoms with Crippen molar-refractivity contribution < 1.29 is 14.3 Å². The highest BCUT2D eigenvalue weighted by Gasteiger charge is 2.16. The second-order valence-corrected chi connectivity index (χ2v) is 7.01. The zero-order valence-corrected chi connectivity index (χ0v) is 17.2. The molecule has 0 bridgehead atoms. The molecule has 4 rings (SSSR count). The first-order chi connectivity index (χ1) is 14.6. The first-order valence-corrected chi connectivity index (χ1v) is 9.63. The second-order valence-electron chi connectivity index (χ2n) is 6.58. The van der Waals surface area contributed by atoms with Crippen molar-refractivity contribution in [3.05, 3.63) is 71.8 Å². The Hall–Kier alpha value is -3.64. The van der Waals surface area contributed by atoms with Gasteiger partial charge in [0.25, 0.3) is 0 Å². The highest BCUT2D eigenvalue weighted by atomic mass is 35.5. The zero-order valence-electron chi connectivity index (χ0n) is 16.5. The third kappa shape index (κ3) is 3.90. The number of rotatable bonds is 5. The summed E-state index contributed by atoms with van der Waals surface area (Å²) in [5.41, 5.74) is 3.90. The Morgan fingerprint density at radius 1 is 0.900 bits per heavy atom. The van der Waals surface area contributed by atoms with Crippen LogP contribution in [0.2, 0.25) is 5.02 Å². The van der Waals surface area contributed by atoms with Crippen LogP contribution in [0.4, 0.5) is 16.2 Å². The van der Waals surface area contributed by atoms with Crippen molar-refractivity contribution >= 4 is 39.9 Å². The summed E-state index contributed by atoms with van der Waals surface area (Å²) >= 11 is 6.03. The summed E-state index contributed by atoms with van der Waals surface area (Å²) in [5, 5.41) is 7.37. The van der Waals surface area contributed by atoms with E-state index in [1.165, 1.54) is 0 Å². The van der Waals surface area contributed by atoms with Crippen LogP contribution in [0.3, 0.4) is 0 Å². The van der Waals surface area contributed by atoms with Crippen LogP contribution in [0.25, 0.3) is 22.2 Å². The van der Waals surface area contributed by atoms with Gasteiger partial charge in [0, 0.05) is 33.2 Å². The standard InChI is InChI=1S/C23H20ClN3O3/c1-29-19-12-11-16(13-20(19)30-2)25-23(28)27-22-17-5-3-4-6-18(17)26-21(22)14-7-9-15(24)10-8-14/h3-13,26H,1-2H3,(H2,25,27,28). The molecule has 6 nitrogen and oxygen atoms in total. The molecule has 4 aromatic rings. The van der Waals surface area contributed by atoms with E-state index in [0.717, 1.165) is 22.2 Å². The molecule has 0 aliphatic rings. The van der Waals surface area contributed by atoms with Gasteiger partial charge in [-0.2, -0.15) is 0 Å². The largest absolute Gasteiger partial charge is 0.493 e. The van der Waals surface area contributed by atoms with Gasteiger partial charge in [-0.3, -0.25) is 0 Å². The van der Waals surface area contributed by atoms with Crippen LogP contribution in [0, 0.1) is 0 Å². The van der Waals surface area contributed by atoms with Crippen molar-refractivity contribution in [2.75, 3.05) is 24.9 Å². The first kappa shape index (κ1) is 19.7. The van der Waals surface area contributed by atoms with Crippen LogP contribution in [0.1, 0.15) is 0 Å². The van der Waals surface area contributed by atoms with Crippen molar-refractivity contribution in [2.45, 2.75) is 0 Å². The predicted molar refractivity (Wildman–Crippen MR) is 121 cm³/mol. The van der Waals surface area contributed by atoms with Crippen LogP contribution in [0.15, 0.2) is 66.7 Å². The molecule has 0 aliphatic heterocycles. The number of carbonyl (C=O) groups excluding carboxylic acids is 1. The molecule has 152 valence electrons. The molecule has 30 heavy (non-hydrogen) atoms. The van der Waals surface area contributed by atoms with E-state index in [9.17, 15) is 4.79 Å². The fraction of sp³-hybridized carbons (Fsp3) is 0.0870. The summed E-state index contributed by atoms with van der Waals surface area (Å²) in [6.45, 7) is 0. The van der Waals surface area contributed by atoms with Crippen molar-refractivity contribution in [1.29, 1.82) is 0 Å². The number of aromatic nitrogens is 1. The van der Waals surface area contributed by atoms with Gasteiger partial charge in [0.1, 0.15) is 0 Å². The molecule has 1 aromatic heterocycles.